The summed E-state index contributed by atoms with van der Waals surface area (Å²) in [5.74, 6) is 0.755. The van der Waals surface area contributed by atoms with Crippen LogP contribution >= 0.6 is 0 Å². The number of hydrogen-bond donors (Lipinski definition) is 1. The van der Waals surface area contributed by atoms with Crippen LogP contribution in [0.3, 0.4) is 0 Å². The van der Waals surface area contributed by atoms with E-state index in [9.17, 15) is 14.7 Å². The van der Waals surface area contributed by atoms with Crippen molar-refractivity contribution in [1.82, 2.24) is 0 Å². The van der Waals surface area contributed by atoms with Crippen molar-refractivity contribution < 1.29 is 24.2 Å². The monoisotopic (exact) mass is 476 g/mol. The van der Waals surface area contributed by atoms with Crippen LogP contribution in [0.15, 0.2) is 23.8 Å². The summed E-state index contributed by atoms with van der Waals surface area (Å²) < 4.78 is 11.5. The first-order chi connectivity index (χ1) is 16.2. The highest BCUT2D eigenvalue weighted by molar-refractivity contribution is 5.72. The van der Waals surface area contributed by atoms with Crippen LogP contribution in [-0.4, -0.2) is 41.9 Å². The molecule has 1 heterocycles. The van der Waals surface area contributed by atoms with Crippen LogP contribution < -0.4 is 0 Å². The number of allylic oxidation sites excluding steroid dienone is 3. The number of unbranched alkanes of at least 4 members (excludes halogenated alkanes) is 1. The van der Waals surface area contributed by atoms with Gasteiger partial charge in [-0.05, 0) is 49.0 Å². The smallest absolute Gasteiger partial charge is 0.308 e. The van der Waals surface area contributed by atoms with Gasteiger partial charge in [-0.1, -0.05) is 65.7 Å². The number of esters is 2. The summed E-state index contributed by atoms with van der Waals surface area (Å²) in [5, 5.41) is 9.89. The largest absolute Gasteiger partial charge is 0.677 e. The van der Waals surface area contributed by atoms with Crippen LogP contribution in [0, 0.1) is 29.6 Å². The van der Waals surface area contributed by atoms with Crippen molar-refractivity contribution in [2.24, 2.45) is 29.6 Å². The molecular weight excluding hydrogens is 430 g/mol. The molecule has 6 nitrogen and oxygen atoms in total. The van der Waals surface area contributed by atoms with Gasteiger partial charge in [0.25, 0.3) is 0 Å². The van der Waals surface area contributed by atoms with E-state index in [1.165, 1.54) is 5.57 Å². The Morgan fingerprint density at radius 3 is 2.59 bits per heavy atom. The maximum atomic E-state index is 12.5. The van der Waals surface area contributed by atoms with E-state index in [0.717, 1.165) is 38.5 Å². The molecule has 2 N–H and O–H groups in total. The van der Waals surface area contributed by atoms with Crippen molar-refractivity contribution in [1.29, 1.82) is 0 Å². The predicted octanol–water partition coefficient (Wildman–Crippen LogP) is 6.03. The van der Waals surface area contributed by atoms with Crippen LogP contribution in [0.4, 0.5) is 0 Å². The first-order valence-electron chi connectivity index (χ1n) is 13.3. The van der Waals surface area contributed by atoms with Crippen molar-refractivity contribution in [2.45, 2.75) is 104 Å². The predicted molar refractivity (Wildman–Crippen MR) is 135 cm³/mol. The Kier molecular flexibility index (Phi) is 11.8. The van der Waals surface area contributed by atoms with Crippen molar-refractivity contribution in [3.05, 3.63) is 29.5 Å². The molecule has 1 saturated heterocycles. The van der Waals surface area contributed by atoms with Gasteiger partial charge in [0.15, 0.2) is 0 Å². The molecule has 0 aromatic rings. The van der Waals surface area contributed by atoms with Gasteiger partial charge in [0.1, 0.15) is 12.2 Å². The Morgan fingerprint density at radius 2 is 2.00 bits per heavy atom. The molecule has 0 saturated carbocycles. The van der Waals surface area contributed by atoms with Gasteiger partial charge in [0.05, 0.1) is 18.4 Å². The van der Waals surface area contributed by atoms with Crippen molar-refractivity contribution in [3.8, 4) is 0 Å². The maximum Gasteiger partial charge on any atom is 0.308 e. The summed E-state index contributed by atoms with van der Waals surface area (Å²) in [7, 11) is 0. The Hall–Kier alpha value is -1.66. The van der Waals surface area contributed by atoms with Gasteiger partial charge in [-0.15, -0.1) is 0 Å². The highest BCUT2D eigenvalue weighted by Crippen LogP contribution is 2.45. The van der Waals surface area contributed by atoms with E-state index in [-0.39, 0.29) is 42.4 Å². The SMILES string of the molecule is CCCC[NH-].CC[C@H](C)C(=O)O[C@H]1C[C@@H](C)C=C2C=C[C@H](C)[C@H](CC[C@@H]3C[C@@H](O)CC(=O)O3)[C@H]21. The number of carbonyl (C=O) groups is 2. The van der Waals surface area contributed by atoms with Crippen molar-refractivity contribution >= 4 is 11.9 Å². The third kappa shape index (κ3) is 8.23. The number of hydrogen-bond acceptors (Lipinski definition) is 5. The van der Waals surface area contributed by atoms with E-state index in [1.54, 1.807) is 0 Å². The minimum Gasteiger partial charge on any atom is -0.677 e. The third-order valence-electron chi connectivity index (χ3n) is 7.47. The van der Waals surface area contributed by atoms with Crippen LogP contribution in [0.5, 0.6) is 0 Å². The summed E-state index contributed by atoms with van der Waals surface area (Å²) in [4.78, 5) is 24.2. The van der Waals surface area contributed by atoms with E-state index in [2.05, 4.69) is 39.0 Å². The first kappa shape index (κ1) is 28.6. The molecule has 2 aliphatic carbocycles. The van der Waals surface area contributed by atoms with Gasteiger partial charge in [0, 0.05) is 12.3 Å². The standard InChI is InChI=1S/C24H36O5.C4H10N/c1-5-15(3)24(27)29-21-11-14(2)10-17-7-6-16(4)20(23(17)21)9-8-19-12-18(25)13-22(26)28-19;1-2-3-4-5/h6-7,10,14-16,18-21,23,25H,5,8-9,11-13H2,1-4H3;5H,2-4H2,1H3/q;-1/t14-,15-,16-,18+,19+,20-,21-,23-;/m0./s1. The minimum atomic E-state index is -0.597. The average Bonchev–Trinajstić information content (AvgIpc) is 2.78. The molecule has 194 valence electrons. The second-order valence-corrected chi connectivity index (χ2v) is 10.5. The first-order valence-corrected chi connectivity index (χ1v) is 13.3. The summed E-state index contributed by atoms with van der Waals surface area (Å²) in [6.07, 6.45) is 11.9. The lowest BCUT2D eigenvalue weighted by Crippen LogP contribution is -2.42. The zero-order valence-electron chi connectivity index (χ0n) is 21.8. The fraction of sp³-hybridized carbons (Fsp3) is 0.786. The van der Waals surface area contributed by atoms with Crippen LogP contribution in [-0.2, 0) is 19.1 Å². The topological polar surface area (TPSA) is 96.6 Å². The zero-order chi connectivity index (χ0) is 25.3. The number of fused-ring (bicyclic) bond motifs is 1. The van der Waals surface area contributed by atoms with Gasteiger partial charge in [-0.25, -0.2) is 0 Å². The van der Waals surface area contributed by atoms with Crippen LogP contribution in [0.1, 0.15) is 86.0 Å². The summed E-state index contributed by atoms with van der Waals surface area (Å²) in [6.45, 7) is 11.0. The van der Waals surface area contributed by atoms with E-state index in [4.69, 9.17) is 15.2 Å². The molecule has 1 fully saturated rings. The molecule has 0 bridgehead atoms. The molecule has 0 unspecified atom stereocenters. The quantitative estimate of drug-likeness (QED) is 0.431. The van der Waals surface area contributed by atoms with Gasteiger partial charge < -0.3 is 20.3 Å². The molecule has 0 amide bonds. The average molecular weight is 477 g/mol. The lowest BCUT2D eigenvalue weighted by Gasteiger charge is -2.43. The van der Waals surface area contributed by atoms with Crippen LogP contribution in [0.2, 0.25) is 0 Å². The van der Waals surface area contributed by atoms with Gasteiger partial charge >= 0.3 is 11.9 Å². The number of aliphatic hydroxyl groups excluding tert-OH is 1. The second kappa shape index (κ2) is 14.0. The molecule has 6 heteroatoms. The molecule has 3 aliphatic rings. The molecular formula is C28H46NO5-. The second-order valence-electron chi connectivity index (χ2n) is 10.5. The number of rotatable bonds is 8. The number of carbonyl (C=O) groups excluding carboxylic acids is 2. The Morgan fingerprint density at radius 1 is 1.26 bits per heavy atom. The molecule has 0 aromatic heterocycles. The molecule has 1 aliphatic heterocycles. The Bertz CT molecular complexity index is 716. The van der Waals surface area contributed by atoms with E-state index in [1.807, 2.05) is 13.8 Å². The molecule has 0 spiro atoms. The molecule has 0 radical (unpaired) electrons. The highest BCUT2D eigenvalue weighted by atomic mass is 16.5. The zero-order valence-corrected chi connectivity index (χ0v) is 21.8. The Labute approximate surface area is 206 Å². The van der Waals surface area contributed by atoms with Crippen molar-refractivity contribution in [3.63, 3.8) is 0 Å². The van der Waals surface area contributed by atoms with Crippen molar-refractivity contribution in [2.75, 3.05) is 6.54 Å². The lowest BCUT2D eigenvalue weighted by atomic mass is 9.65. The van der Waals surface area contributed by atoms with E-state index in [0.29, 0.717) is 30.7 Å². The summed E-state index contributed by atoms with van der Waals surface area (Å²) in [5.41, 5.74) is 7.88. The van der Waals surface area contributed by atoms with E-state index < -0.39 is 6.10 Å². The number of nitrogens with one attached hydrogen (secondary N) is 1. The van der Waals surface area contributed by atoms with Crippen LogP contribution in [0.25, 0.3) is 5.73 Å². The summed E-state index contributed by atoms with van der Waals surface area (Å²) >= 11 is 0. The van der Waals surface area contributed by atoms with E-state index >= 15 is 0 Å². The third-order valence-corrected chi connectivity index (χ3v) is 7.47. The molecule has 8 atom stereocenters. The normalized spacial score (nSPS) is 33.6. The molecule has 0 aromatic carbocycles. The lowest BCUT2D eigenvalue weighted by molar-refractivity contribution is -0.162. The number of aliphatic hydroxyl groups is 1. The summed E-state index contributed by atoms with van der Waals surface area (Å²) in [6, 6.07) is 0. The minimum absolute atomic E-state index is 0.0854. The van der Waals surface area contributed by atoms with Gasteiger partial charge in [-0.3, -0.25) is 9.59 Å². The van der Waals surface area contributed by atoms with Gasteiger partial charge in [-0.2, -0.15) is 6.54 Å². The maximum absolute atomic E-state index is 12.5. The van der Waals surface area contributed by atoms with Gasteiger partial charge in [0.2, 0.25) is 0 Å². The molecule has 3 rings (SSSR count). The number of cyclic esters (lactones) is 1. The fourth-order valence-corrected chi connectivity index (χ4v) is 5.25. The highest BCUT2D eigenvalue weighted by Gasteiger charge is 2.42. The molecule has 34 heavy (non-hydrogen) atoms. The fourth-order valence-electron chi connectivity index (χ4n) is 5.25. The Balaban J connectivity index is 0.000000739. The number of ether oxygens (including phenoxy) is 2.